The van der Waals surface area contributed by atoms with Crippen molar-refractivity contribution in [2.75, 3.05) is 5.33 Å². The van der Waals surface area contributed by atoms with Gasteiger partial charge in [-0.2, -0.15) is 0 Å². The molecular weight excluding hydrogens is 326 g/mol. The third-order valence-corrected chi connectivity index (χ3v) is 5.07. The summed E-state index contributed by atoms with van der Waals surface area (Å²) in [5.41, 5.74) is 1.17. The molecule has 0 heterocycles. The average molecular weight is 348 g/mol. The summed E-state index contributed by atoms with van der Waals surface area (Å²) in [6, 6.07) is 7.11. The molecule has 0 aliphatic rings. The second-order valence-corrected chi connectivity index (χ2v) is 7.25. The first-order valence-corrected chi connectivity index (χ1v) is 9.27. The molecule has 3 nitrogen and oxygen atoms in total. The van der Waals surface area contributed by atoms with Gasteiger partial charge in [0.1, 0.15) is 0 Å². The van der Waals surface area contributed by atoms with E-state index in [1.54, 1.807) is 12.1 Å². The van der Waals surface area contributed by atoms with E-state index in [0.717, 1.165) is 31.0 Å². The maximum Gasteiger partial charge on any atom is 0.240 e. The smallest absolute Gasteiger partial charge is 0.208 e. The lowest BCUT2D eigenvalue weighted by Gasteiger charge is -2.13. The summed E-state index contributed by atoms with van der Waals surface area (Å²) in [6.45, 7) is 4.00. The fraction of sp³-hybridized carbons (Fsp3) is 0.571. The molecule has 108 valence electrons. The molecule has 0 fully saturated rings. The van der Waals surface area contributed by atoms with Crippen LogP contribution < -0.4 is 4.72 Å². The van der Waals surface area contributed by atoms with Crippen LogP contribution in [-0.4, -0.2) is 19.8 Å². The molecule has 0 aromatic heterocycles. The molecule has 0 bridgehead atoms. The van der Waals surface area contributed by atoms with Gasteiger partial charge >= 0.3 is 0 Å². The number of rotatable bonds is 8. The van der Waals surface area contributed by atoms with Crippen LogP contribution in [0.5, 0.6) is 0 Å². The molecule has 0 spiro atoms. The van der Waals surface area contributed by atoms with E-state index < -0.39 is 10.0 Å². The molecule has 1 aromatic carbocycles. The molecule has 19 heavy (non-hydrogen) atoms. The van der Waals surface area contributed by atoms with Crippen molar-refractivity contribution in [1.29, 1.82) is 0 Å². The van der Waals surface area contributed by atoms with E-state index >= 15 is 0 Å². The van der Waals surface area contributed by atoms with Crippen molar-refractivity contribution in [3.63, 3.8) is 0 Å². The first kappa shape index (κ1) is 16.7. The Morgan fingerprint density at radius 3 is 2.42 bits per heavy atom. The Morgan fingerprint density at radius 2 is 1.89 bits per heavy atom. The highest BCUT2D eigenvalue weighted by atomic mass is 79.9. The van der Waals surface area contributed by atoms with Crippen molar-refractivity contribution in [3.8, 4) is 0 Å². The minimum atomic E-state index is -3.39. The van der Waals surface area contributed by atoms with Crippen LogP contribution >= 0.6 is 15.9 Å². The molecular formula is C14H22BrNO2S. The lowest BCUT2D eigenvalue weighted by molar-refractivity contribution is 0.545. The van der Waals surface area contributed by atoms with Crippen molar-refractivity contribution in [2.24, 2.45) is 0 Å². The maximum absolute atomic E-state index is 12.2. The Bertz CT molecular complexity index is 471. The van der Waals surface area contributed by atoms with Gasteiger partial charge in [0.05, 0.1) is 4.90 Å². The molecule has 0 saturated heterocycles. The number of nitrogens with one attached hydrogen (secondary N) is 1. The van der Waals surface area contributed by atoms with Crippen molar-refractivity contribution < 1.29 is 8.42 Å². The molecule has 1 atom stereocenters. The topological polar surface area (TPSA) is 46.2 Å². The summed E-state index contributed by atoms with van der Waals surface area (Å²) >= 11 is 3.35. The van der Waals surface area contributed by atoms with Gasteiger partial charge in [0.2, 0.25) is 10.0 Å². The molecule has 5 heteroatoms. The van der Waals surface area contributed by atoms with E-state index in [9.17, 15) is 8.42 Å². The average Bonchev–Trinajstić information content (AvgIpc) is 2.37. The van der Waals surface area contributed by atoms with Gasteiger partial charge < -0.3 is 0 Å². The molecule has 0 radical (unpaired) electrons. The van der Waals surface area contributed by atoms with E-state index in [2.05, 4.69) is 27.6 Å². The first-order chi connectivity index (χ1) is 8.99. The Labute approximate surface area is 125 Å². The normalized spacial score (nSPS) is 13.4. The number of hydrogen-bond acceptors (Lipinski definition) is 2. The van der Waals surface area contributed by atoms with Gasteiger partial charge in [0, 0.05) is 11.4 Å². The zero-order valence-electron chi connectivity index (χ0n) is 11.5. The Hall–Kier alpha value is -0.390. The van der Waals surface area contributed by atoms with E-state index in [0.29, 0.717) is 4.90 Å². The van der Waals surface area contributed by atoms with Crippen LogP contribution in [0.25, 0.3) is 0 Å². The van der Waals surface area contributed by atoms with Crippen LogP contribution in [0, 0.1) is 0 Å². The van der Waals surface area contributed by atoms with Crippen molar-refractivity contribution >= 4 is 26.0 Å². The van der Waals surface area contributed by atoms with Crippen LogP contribution in [0.4, 0.5) is 0 Å². The Morgan fingerprint density at radius 1 is 1.26 bits per heavy atom. The number of benzene rings is 1. The van der Waals surface area contributed by atoms with Crippen molar-refractivity contribution in [1.82, 2.24) is 4.72 Å². The first-order valence-electron chi connectivity index (χ1n) is 6.67. The predicted molar refractivity (Wildman–Crippen MR) is 83.2 cm³/mol. The van der Waals surface area contributed by atoms with Gasteiger partial charge in [-0.3, -0.25) is 0 Å². The number of halogens is 1. The third kappa shape index (κ3) is 5.63. The molecule has 0 saturated carbocycles. The van der Waals surface area contributed by atoms with Crippen LogP contribution in [0.1, 0.15) is 38.7 Å². The van der Waals surface area contributed by atoms with Crippen molar-refractivity contribution in [3.05, 3.63) is 29.8 Å². The molecule has 1 rings (SSSR count). The second kappa shape index (κ2) is 8.02. The van der Waals surface area contributed by atoms with Crippen LogP contribution in [-0.2, 0) is 16.4 Å². The lowest BCUT2D eigenvalue weighted by atomic mass is 10.1. The summed E-state index contributed by atoms with van der Waals surface area (Å²) in [5, 5.41) is 0.894. The molecule has 0 amide bonds. The highest BCUT2D eigenvalue weighted by Crippen LogP contribution is 2.13. The Balaban J connectivity index is 2.71. The van der Waals surface area contributed by atoms with Gasteiger partial charge in [-0.15, -0.1) is 0 Å². The molecule has 1 aromatic rings. The summed E-state index contributed by atoms with van der Waals surface area (Å²) in [7, 11) is -3.39. The van der Waals surface area contributed by atoms with Gasteiger partial charge in [-0.05, 0) is 43.9 Å². The molecule has 0 aliphatic carbocycles. The quantitative estimate of drug-likeness (QED) is 0.731. The highest BCUT2D eigenvalue weighted by Gasteiger charge is 2.16. The highest BCUT2D eigenvalue weighted by molar-refractivity contribution is 9.09. The summed E-state index contributed by atoms with van der Waals surface area (Å²) < 4.78 is 27.0. The number of alkyl halides is 1. The fourth-order valence-electron chi connectivity index (χ4n) is 1.90. The van der Waals surface area contributed by atoms with Gasteiger partial charge in [-0.25, -0.2) is 13.1 Å². The molecule has 0 aliphatic heterocycles. The van der Waals surface area contributed by atoms with E-state index in [1.165, 1.54) is 5.56 Å². The summed E-state index contributed by atoms with van der Waals surface area (Å²) in [4.78, 5) is 0.345. The standard InChI is InChI=1S/C14H22BrNO2S/c1-3-5-13-7-9-14(10-8-13)19(17,18)16-12(2)6-4-11-15/h7-10,12,16H,3-6,11H2,1-2H3. The third-order valence-electron chi connectivity index (χ3n) is 2.90. The SMILES string of the molecule is CCCc1ccc(S(=O)(=O)NC(C)CCCBr)cc1. The second-order valence-electron chi connectivity index (χ2n) is 4.75. The monoisotopic (exact) mass is 347 g/mol. The van der Waals surface area contributed by atoms with E-state index in [-0.39, 0.29) is 6.04 Å². The van der Waals surface area contributed by atoms with E-state index in [1.807, 2.05) is 19.1 Å². The summed E-state index contributed by atoms with van der Waals surface area (Å²) in [5.74, 6) is 0. The van der Waals surface area contributed by atoms with Gasteiger partial charge in [0.15, 0.2) is 0 Å². The zero-order valence-corrected chi connectivity index (χ0v) is 13.9. The van der Waals surface area contributed by atoms with Crippen molar-refractivity contribution in [2.45, 2.75) is 50.5 Å². The van der Waals surface area contributed by atoms with Crippen LogP contribution in [0.2, 0.25) is 0 Å². The minimum Gasteiger partial charge on any atom is -0.208 e. The minimum absolute atomic E-state index is 0.0436. The van der Waals surface area contributed by atoms with Gasteiger partial charge in [-0.1, -0.05) is 41.4 Å². The number of sulfonamides is 1. The maximum atomic E-state index is 12.2. The Kier molecular flexibility index (Phi) is 7.04. The van der Waals surface area contributed by atoms with E-state index in [4.69, 9.17) is 0 Å². The summed E-state index contributed by atoms with van der Waals surface area (Å²) in [6.07, 6.45) is 3.83. The van der Waals surface area contributed by atoms with Gasteiger partial charge in [0.25, 0.3) is 0 Å². The number of aryl methyl sites for hydroxylation is 1. The zero-order chi connectivity index (χ0) is 14.3. The number of hydrogen-bond donors (Lipinski definition) is 1. The van der Waals surface area contributed by atoms with Crippen LogP contribution in [0.3, 0.4) is 0 Å². The lowest BCUT2D eigenvalue weighted by Crippen LogP contribution is -2.32. The largest absolute Gasteiger partial charge is 0.240 e. The predicted octanol–water partition coefficient (Wildman–Crippen LogP) is 3.48. The molecule has 1 N–H and O–H groups in total. The fourth-order valence-corrected chi connectivity index (χ4v) is 3.50. The molecule has 1 unspecified atom stereocenters. The van der Waals surface area contributed by atoms with Crippen LogP contribution in [0.15, 0.2) is 29.2 Å².